The maximum atomic E-state index is 11.5. The average Bonchev–Trinajstić information content (AvgIpc) is 2.85. The van der Waals surface area contributed by atoms with E-state index in [2.05, 4.69) is 4.98 Å². The van der Waals surface area contributed by atoms with Crippen molar-refractivity contribution >= 4 is 22.8 Å². The second-order valence-corrected chi connectivity index (χ2v) is 6.04. The molecule has 1 aliphatic rings. The van der Waals surface area contributed by atoms with Gasteiger partial charge in [0.25, 0.3) is 0 Å². The van der Waals surface area contributed by atoms with Crippen LogP contribution in [0.25, 0.3) is 11.0 Å². The number of fused-ring (bicyclic) bond motifs is 1. The number of ketones is 1. The molecule has 1 aromatic carbocycles. The van der Waals surface area contributed by atoms with Crippen LogP contribution in [0.3, 0.4) is 0 Å². The van der Waals surface area contributed by atoms with Crippen LogP contribution in [0, 0.1) is 0 Å². The average molecular weight is 300 g/mol. The molecule has 1 heterocycles. The molecular formula is C17H20N2O3. The Bertz CT molecular complexity index is 727. The van der Waals surface area contributed by atoms with Crippen LogP contribution < -0.4 is 0 Å². The summed E-state index contributed by atoms with van der Waals surface area (Å²) in [5, 5.41) is 9.21. The van der Waals surface area contributed by atoms with Gasteiger partial charge in [-0.1, -0.05) is 19.3 Å². The molecule has 5 nitrogen and oxygen atoms in total. The Balaban J connectivity index is 2.11. The fourth-order valence-electron chi connectivity index (χ4n) is 3.34. The highest BCUT2D eigenvalue weighted by Crippen LogP contribution is 2.34. The van der Waals surface area contributed by atoms with Gasteiger partial charge in [-0.05, 0) is 38.0 Å². The first-order chi connectivity index (χ1) is 10.6. The molecule has 0 spiro atoms. The van der Waals surface area contributed by atoms with Crippen molar-refractivity contribution in [2.45, 2.75) is 51.5 Å². The number of Topliss-reactive ketones (excluding diaryl/α,β-unsaturated/α-hetero) is 1. The summed E-state index contributed by atoms with van der Waals surface area (Å²) in [7, 11) is 0. The predicted octanol–water partition coefficient (Wildman–Crippen LogP) is 3.37. The number of carboxylic acids is 1. The quantitative estimate of drug-likeness (QED) is 0.879. The predicted molar refractivity (Wildman–Crippen MR) is 83.2 cm³/mol. The summed E-state index contributed by atoms with van der Waals surface area (Å²) in [6.45, 7) is 1.44. The van der Waals surface area contributed by atoms with Crippen molar-refractivity contribution in [3.63, 3.8) is 0 Å². The molecule has 0 bridgehead atoms. The van der Waals surface area contributed by atoms with Gasteiger partial charge in [-0.2, -0.15) is 0 Å². The number of aliphatic carboxylic acids is 1. The Morgan fingerprint density at radius 3 is 2.64 bits per heavy atom. The molecule has 1 fully saturated rings. The van der Waals surface area contributed by atoms with Crippen LogP contribution in [0.15, 0.2) is 18.2 Å². The molecule has 0 radical (unpaired) electrons. The van der Waals surface area contributed by atoms with Gasteiger partial charge in [-0.3, -0.25) is 9.59 Å². The maximum absolute atomic E-state index is 11.5. The first-order valence-corrected chi connectivity index (χ1v) is 7.79. The number of nitrogens with zero attached hydrogens (tertiary/aromatic N) is 2. The molecule has 1 aromatic heterocycles. The number of carboxylic acid groups (broad SMARTS) is 1. The van der Waals surface area contributed by atoms with Crippen LogP contribution in [0.1, 0.15) is 61.1 Å². The number of hydrogen-bond acceptors (Lipinski definition) is 3. The van der Waals surface area contributed by atoms with Crippen molar-refractivity contribution in [1.29, 1.82) is 0 Å². The maximum Gasteiger partial charge on any atom is 0.323 e. The summed E-state index contributed by atoms with van der Waals surface area (Å²) in [6, 6.07) is 5.33. The lowest BCUT2D eigenvalue weighted by Gasteiger charge is -2.21. The molecule has 3 rings (SSSR count). The third-order valence-electron chi connectivity index (χ3n) is 4.45. The molecule has 2 aromatic rings. The third-order valence-corrected chi connectivity index (χ3v) is 4.45. The van der Waals surface area contributed by atoms with Crippen molar-refractivity contribution in [1.82, 2.24) is 9.55 Å². The van der Waals surface area contributed by atoms with E-state index in [0.717, 1.165) is 29.7 Å². The van der Waals surface area contributed by atoms with Crippen LogP contribution in [0.4, 0.5) is 0 Å². The Kier molecular flexibility index (Phi) is 3.96. The second kappa shape index (κ2) is 5.91. The van der Waals surface area contributed by atoms with Gasteiger partial charge in [0.15, 0.2) is 5.78 Å². The second-order valence-electron chi connectivity index (χ2n) is 6.04. The van der Waals surface area contributed by atoms with Crippen LogP contribution in [0.2, 0.25) is 0 Å². The first kappa shape index (κ1) is 14.8. The molecule has 0 saturated heterocycles. The summed E-state index contributed by atoms with van der Waals surface area (Å²) in [6.07, 6.45) is 5.69. The monoisotopic (exact) mass is 300 g/mol. The summed E-state index contributed by atoms with van der Waals surface area (Å²) in [4.78, 5) is 27.4. The topological polar surface area (TPSA) is 72.2 Å². The zero-order valence-corrected chi connectivity index (χ0v) is 12.7. The summed E-state index contributed by atoms with van der Waals surface area (Å²) < 4.78 is 1.80. The first-order valence-electron chi connectivity index (χ1n) is 7.79. The number of imidazole rings is 1. The highest BCUT2D eigenvalue weighted by Gasteiger charge is 2.23. The zero-order valence-electron chi connectivity index (χ0n) is 12.7. The van der Waals surface area contributed by atoms with Gasteiger partial charge in [0, 0.05) is 11.5 Å². The third kappa shape index (κ3) is 2.75. The van der Waals surface area contributed by atoms with Crippen LogP contribution in [-0.2, 0) is 11.3 Å². The number of benzene rings is 1. The van der Waals surface area contributed by atoms with E-state index in [4.69, 9.17) is 0 Å². The fraction of sp³-hybridized carbons (Fsp3) is 0.471. The molecule has 0 amide bonds. The lowest BCUT2D eigenvalue weighted by Crippen LogP contribution is -2.16. The molecule has 116 valence electrons. The summed E-state index contributed by atoms with van der Waals surface area (Å²) in [5.74, 6) is 0.306. The number of carbonyl (C=O) groups excluding carboxylic acids is 1. The molecular weight excluding hydrogens is 280 g/mol. The minimum absolute atomic E-state index is 0.00565. The molecule has 0 atom stereocenters. The smallest absolute Gasteiger partial charge is 0.323 e. The Labute approximate surface area is 129 Å². The van der Waals surface area contributed by atoms with E-state index < -0.39 is 5.97 Å². The number of rotatable bonds is 4. The van der Waals surface area contributed by atoms with Gasteiger partial charge >= 0.3 is 5.97 Å². The van der Waals surface area contributed by atoms with E-state index in [0.29, 0.717) is 11.5 Å². The lowest BCUT2D eigenvalue weighted by molar-refractivity contribution is -0.137. The fourth-order valence-corrected chi connectivity index (χ4v) is 3.34. The molecule has 0 aliphatic heterocycles. The van der Waals surface area contributed by atoms with E-state index in [1.54, 1.807) is 16.7 Å². The molecule has 5 heteroatoms. The van der Waals surface area contributed by atoms with Gasteiger partial charge in [-0.25, -0.2) is 4.98 Å². The van der Waals surface area contributed by atoms with E-state index in [1.165, 1.54) is 26.2 Å². The van der Waals surface area contributed by atoms with E-state index in [-0.39, 0.29) is 12.3 Å². The van der Waals surface area contributed by atoms with Crippen molar-refractivity contribution in [3.8, 4) is 0 Å². The highest BCUT2D eigenvalue weighted by atomic mass is 16.4. The zero-order chi connectivity index (χ0) is 15.7. The molecule has 1 N–H and O–H groups in total. The Hall–Kier alpha value is -2.17. The van der Waals surface area contributed by atoms with E-state index in [9.17, 15) is 14.7 Å². The van der Waals surface area contributed by atoms with Gasteiger partial charge in [-0.15, -0.1) is 0 Å². The largest absolute Gasteiger partial charge is 0.480 e. The van der Waals surface area contributed by atoms with E-state index >= 15 is 0 Å². The Morgan fingerprint density at radius 1 is 1.27 bits per heavy atom. The summed E-state index contributed by atoms with van der Waals surface area (Å²) >= 11 is 0. The molecule has 22 heavy (non-hydrogen) atoms. The molecule has 1 saturated carbocycles. The van der Waals surface area contributed by atoms with Gasteiger partial charge in [0.1, 0.15) is 12.4 Å². The molecule has 1 aliphatic carbocycles. The Morgan fingerprint density at radius 2 is 2.00 bits per heavy atom. The van der Waals surface area contributed by atoms with Gasteiger partial charge < -0.3 is 9.67 Å². The van der Waals surface area contributed by atoms with E-state index in [1.807, 2.05) is 6.07 Å². The van der Waals surface area contributed by atoms with Gasteiger partial charge in [0.2, 0.25) is 0 Å². The SMILES string of the molecule is CC(=O)c1ccc2c(c1)nc(C1CCCCC1)n2CC(=O)O. The summed E-state index contributed by atoms with van der Waals surface area (Å²) in [5.41, 5.74) is 2.13. The lowest BCUT2D eigenvalue weighted by atomic mass is 9.88. The van der Waals surface area contributed by atoms with Crippen LogP contribution in [-0.4, -0.2) is 26.4 Å². The van der Waals surface area contributed by atoms with Crippen LogP contribution in [0.5, 0.6) is 0 Å². The normalized spacial score (nSPS) is 16.0. The molecule has 0 unspecified atom stereocenters. The highest BCUT2D eigenvalue weighted by molar-refractivity contribution is 5.97. The minimum Gasteiger partial charge on any atom is -0.480 e. The van der Waals surface area contributed by atoms with Crippen LogP contribution >= 0.6 is 0 Å². The number of carbonyl (C=O) groups is 2. The van der Waals surface area contributed by atoms with Crippen molar-refractivity contribution in [2.75, 3.05) is 0 Å². The van der Waals surface area contributed by atoms with Gasteiger partial charge in [0.05, 0.1) is 11.0 Å². The minimum atomic E-state index is -0.869. The van der Waals surface area contributed by atoms with Crippen molar-refractivity contribution < 1.29 is 14.7 Å². The van der Waals surface area contributed by atoms with Crippen molar-refractivity contribution in [3.05, 3.63) is 29.6 Å². The standard InChI is InChI=1S/C17H20N2O3/c1-11(20)13-7-8-15-14(9-13)18-17(19(15)10-16(21)22)12-5-3-2-4-6-12/h7-9,12H,2-6,10H2,1H3,(H,21,22). The number of hydrogen-bond donors (Lipinski definition) is 1. The number of aromatic nitrogens is 2. The van der Waals surface area contributed by atoms with Crippen molar-refractivity contribution in [2.24, 2.45) is 0 Å².